The van der Waals surface area contributed by atoms with Gasteiger partial charge in [0.15, 0.2) is 11.3 Å². The summed E-state index contributed by atoms with van der Waals surface area (Å²) in [4.78, 5) is 14.1. The van der Waals surface area contributed by atoms with Crippen LogP contribution in [0, 0.1) is 15.4 Å². The first-order chi connectivity index (χ1) is 12.1. The van der Waals surface area contributed by atoms with Crippen molar-refractivity contribution in [3.05, 3.63) is 32.9 Å². The summed E-state index contributed by atoms with van der Waals surface area (Å²) in [5, 5.41) is 25.5. The van der Waals surface area contributed by atoms with Crippen molar-refractivity contribution in [2.45, 2.75) is 31.7 Å². The molecule has 3 aromatic heterocycles. The maximum atomic E-state index is 10.7. The molecule has 1 saturated carbocycles. The van der Waals surface area contributed by atoms with Crippen LogP contribution in [0.4, 0.5) is 0 Å². The smallest absolute Gasteiger partial charge is 0.358 e. The molecule has 0 radical (unpaired) electrons. The number of nitrogens with zero attached hydrogens (tertiary/aromatic N) is 5. The van der Waals surface area contributed by atoms with E-state index in [0.29, 0.717) is 24.6 Å². The first-order valence-corrected chi connectivity index (χ1v) is 8.87. The van der Waals surface area contributed by atoms with Crippen LogP contribution in [0.25, 0.3) is 11.0 Å². The quantitative estimate of drug-likeness (QED) is 0.468. The summed E-state index contributed by atoms with van der Waals surface area (Å²) in [7, 11) is 0. The molecule has 0 bridgehead atoms. The summed E-state index contributed by atoms with van der Waals surface area (Å²) in [6.45, 7) is 0.469. The topological polar surface area (TPSA) is 110 Å². The van der Waals surface area contributed by atoms with E-state index in [-0.39, 0.29) is 5.69 Å². The Labute approximate surface area is 156 Å². The molecule has 0 unspecified atom stereocenters. The third-order valence-electron chi connectivity index (χ3n) is 3.95. The van der Waals surface area contributed by atoms with E-state index < -0.39 is 5.97 Å². The minimum atomic E-state index is -1.09. The highest BCUT2D eigenvalue weighted by molar-refractivity contribution is 14.1. The third kappa shape index (κ3) is 3.34. The Morgan fingerprint density at radius 3 is 2.96 bits per heavy atom. The second-order valence-electron chi connectivity index (χ2n) is 5.84. The van der Waals surface area contributed by atoms with Gasteiger partial charge in [-0.2, -0.15) is 0 Å². The summed E-state index contributed by atoms with van der Waals surface area (Å²) in [6, 6.07) is 1.96. The molecule has 0 aliphatic heterocycles. The molecular weight excluding hydrogens is 435 g/mol. The number of aromatic carboxylic acids is 1. The third-order valence-corrected chi connectivity index (χ3v) is 5.11. The highest BCUT2D eigenvalue weighted by atomic mass is 127. The Morgan fingerprint density at radius 2 is 2.24 bits per heavy atom. The number of halogens is 1. The number of aromatic nitrogens is 6. The number of carbonyl (C=O) groups is 1. The molecule has 0 aromatic carbocycles. The molecule has 4 rings (SSSR count). The molecule has 8 nitrogen and oxygen atoms in total. The minimum Gasteiger partial charge on any atom is -0.476 e. The number of hydrogen-bond donors (Lipinski definition) is 2. The number of fused-ring (bicyclic) bond motifs is 1. The van der Waals surface area contributed by atoms with Crippen LogP contribution in [0.2, 0.25) is 0 Å². The lowest BCUT2D eigenvalue weighted by Crippen LogP contribution is -1.98. The molecule has 0 saturated heterocycles. The highest BCUT2D eigenvalue weighted by Gasteiger charge is 2.28. The fourth-order valence-electron chi connectivity index (χ4n) is 2.52. The lowest BCUT2D eigenvalue weighted by atomic mass is 10.2. The largest absolute Gasteiger partial charge is 0.476 e. The maximum Gasteiger partial charge on any atom is 0.358 e. The number of aryl methyl sites for hydroxylation is 1. The summed E-state index contributed by atoms with van der Waals surface area (Å²) in [5.41, 5.74) is 2.62. The predicted molar refractivity (Wildman–Crippen MR) is 97.1 cm³/mol. The summed E-state index contributed by atoms with van der Waals surface area (Å²) < 4.78 is 2.67. The number of H-pyrrole nitrogens is 1. The lowest BCUT2D eigenvalue weighted by molar-refractivity contribution is 0.0690. The first-order valence-electron chi connectivity index (χ1n) is 7.79. The molecule has 0 amide bonds. The van der Waals surface area contributed by atoms with Gasteiger partial charge in [-0.05, 0) is 47.4 Å². The van der Waals surface area contributed by atoms with Crippen LogP contribution in [0.5, 0.6) is 0 Å². The van der Waals surface area contributed by atoms with Crippen LogP contribution < -0.4 is 0 Å². The molecule has 1 fully saturated rings. The summed E-state index contributed by atoms with van der Waals surface area (Å²) in [5.74, 6) is 5.56. The molecule has 9 heteroatoms. The van der Waals surface area contributed by atoms with Crippen molar-refractivity contribution in [1.29, 1.82) is 0 Å². The van der Waals surface area contributed by atoms with Crippen molar-refractivity contribution in [2.75, 3.05) is 0 Å². The number of hydrogen-bond acceptors (Lipinski definition) is 5. The van der Waals surface area contributed by atoms with E-state index in [0.717, 1.165) is 11.0 Å². The number of carboxylic acids is 1. The van der Waals surface area contributed by atoms with Crippen LogP contribution >= 0.6 is 22.6 Å². The highest BCUT2D eigenvalue weighted by Crippen LogP contribution is 2.43. The average molecular weight is 448 g/mol. The zero-order chi connectivity index (χ0) is 17.4. The second-order valence-corrected chi connectivity index (χ2v) is 6.92. The number of rotatable bonds is 4. The van der Waals surface area contributed by atoms with Crippen LogP contribution in [-0.4, -0.2) is 41.3 Å². The lowest BCUT2D eigenvalue weighted by Gasteiger charge is -1.93. The molecule has 1 aliphatic rings. The zero-order valence-corrected chi connectivity index (χ0v) is 15.2. The molecule has 25 heavy (non-hydrogen) atoms. The van der Waals surface area contributed by atoms with Crippen molar-refractivity contribution >= 4 is 39.6 Å². The average Bonchev–Trinajstić information content (AvgIpc) is 3.24. The summed E-state index contributed by atoms with van der Waals surface area (Å²) in [6.07, 6.45) is 4.36. The van der Waals surface area contributed by atoms with E-state index >= 15 is 0 Å². The van der Waals surface area contributed by atoms with Gasteiger partial charge in [0, 0.05) is 27.0 Å². The number of aromatic amines is 1. The van der Waals surface area contributed by atoms with E-state index in [1.165, 1.54) is 33.0 Å². The van der Waals surface area contributed by atoms with Gasteiger partial charge in [-0.3, -0.25) is 4.68 Å². The van der Waals surface area contributed by atoms with Gasteiger partial charge in [0.05, 0.1) is 12.7 Å². The van der Waals surface area contributed by atoms with Gasteiger partial charge < -0.3 is 10.1 Å². The molecule has 126 valence electrons. The molecule has 1 aliphatic carbocycles. The van der Waals surface area contributed by atoms with Crippen molar-refractivity contribution in [3.8, 4) is 11.8 Å². The molecular formula is C16H13IN6O2. The van der Waals surface area contributed by atoms with E-state index in [1.807, 2.05) is 6.07 Å². The van der Waals surface area contributed by atoms with Gasteiger partial charge in [-0.1, -0.05) is 11.1 Å². The fraction of sp³-hybridized carbons (Fsp3) is 0.312. The van der Waals surface area contributed by atoms with Crippen molar-refractivity contribution in [2.24, 2.45) is 0 Å². The number of carboxylic acid groups (broad SMARTS) is 1. The van der Waals surface area contributed by atoms with Crippen molar-refractivity contribution in [3.63, 3.8) is 0 Å². The minimum absolute atomic E-state index is 0.0715. The predicted octanol–water partition coefficient (Wildman–Crippen LogP) is 2.17. The van der Waals surface area contributed by atoms with Gasteiger partial charge >= 0.3 is 5.97 Å². The van der Waals surface area contributed by atoms with E-state index in [4.69, 9.17) is 5.11 Å². The molecule has 3 aromatic rings. The Balaban J connectivity index is 1.46. The fourth-order valence-corrected chi connectivity index (χ4v) is 3.51. The first kappa shape index (κ1) is 16.0. The standard InChI is InChI=1S/C16H13IN6O2/c17-13-11-7-10(19-21-15(11)18-14(13)9-4-5-9)3-1-2-6-23-8-12(16(24)25)20-22-23/h7-9H,2,4-6H2,(H,18,21)(H,24,25). The van der Waals surface area contributed by atoms with Crippen LogP contribution in [0.1, 0.15) is 47.1 Å². The Hall–Kier alpha value is -2.48. The molecule has 3 heterocycles. The van der Waals surface area contributed by atoms with E-state index in [2.05, 4.69) is 59.9 Å². The van der Waals surface area contributed by atoms with Crippen molar-refractivity contribution < 1.29 is 9.90 Å². The van der Waals surface area contributed by atoms with Gasteiger partial charge in [-0.25, -0.2) is 4.79 Å². The zero-order valence-electron chi connectivity index (χ0n) is 13.0. The number of nitrogens with one attached hydrogen (secondary N) is 1. The Kier molecular flexibility index (Phi) is 4.12. The van der Waals surface area contributed by atoms with E-state index in [1.54, 1.807) is 0 Å². The SMILES string of the molecule is O=C(O)c1cn(CCC#Cc2cc3c(I)c(C4CC4)[nH]c3nn2)nn1. The molecule has 0 atom stereocenters. The van der Waals surface area contributed by atoms with Crippen LogP contribution in [-0.2, 0) is 6.54 Å². The van der Waals surface area contributed by atoms with Crippen LogP contribution in [0.15, 0.2) is 12.3 Å². The van der Waals surface area contributed by atoms with Gasteiger partial charge in [0.1, 0.15) is 5.69 Å². The monoisotopic (exact) mass is 448 g/mol. The van der Waals surface area contributed by atoms with E-state index in [9.17, 15) is 4.79 Å². The Morgan fingerprint density at radius 1 is 1.40 bits per heavy atom. The molecule has 0 spiro atoms. The maximum absolute atomic E-state index is 10.7. The van der Waals surface area contributed by atoms with Crippen molar-refractivity contribution in [1.82, 2.24) is 30.2 Å². The Bertz CT molecular complexity index is 1020. The van der Waals surface area contributed by atoms with Gasteiger partial charge in [0.25, 0.3) is 0 Å². The normalized spacial score (nSPS) is 13.6. The van der Waals surface area contributed by atoms with Gasteiger partial charge in [0.2, 0.25) is 0 Å². The summed E-state index contributed by atoms with van der Waals surface area (Å²) >= 11 is 2.35. The second kappa shape index (κ2) is 6.44. The molecule has 2 N–H and O–H groups in total. The van der Waals surface area contributed by atoms with Gasteiger partial charge in [-0.15, -0.1) is 15.3 Å². The van der Waals surface area contributed by atoms with Crippen LogP contribution in [0.3, 0.4) is 0 Å².